The van der Waals surface area contributed by atoms with Crippen LogP contribution in [0.3, 0.4) is 0 Å². The predicted molar refractivity (Wildman–Crippen MR) is 66.1 cm³/mol. The lowest BCUT2D eigenvalue weighted by Crippen LogP contribution is -2.50. The van der Waals surface area contributed by atoms with E-state index < -0.39 is 24.0 Å². The molecule has 106 valence electrons. The number of ether oxygens (including phenoxy) is 2. The van der Waals surface area contributed by atoms with Gasteiger partial charge in [-0.25, -0.2) is 9.18 Å². The van der Waals surface area contributed by atoms with E-state index in [4.69, 9.17) is 15.2 Å². The Kier molecular flexibility index (Phi) is 5.34. The molecule has 1 fully saturated rings. The van der Waals surface area contributed by atoms with Gasteiger partial charge in [-0.15, -0.1) is 0 Å². The quantitative estimate of drug-likeness (QED) is 0.833. The van der Waals surface area contributed by atoms with E-state index in [0.29, 0.717) is 13.2 Å². The topological polar surface area (TPSA) is 64.8 Å². The van der Waals surface area contributed by atoms with E-state index in [9.17, 15) is 9.18 Å². The van der Waals surface area contributed by atoms with Gasteiger partial charge < -0.3 is 20.1 Å². The van der Waals surface area contributed by atoms with Crippen LogP contribution in [0.5, 0.6) is 0 Å². The lowest BCUT2D eigenvalue weighted by atomic mass is 10.1. The summed E-state index contributed by atoms with van der Waals surface area (Å²) in [6.07, 6.45) is -1.92. The third-order valence-corrected chi connectivity index (χ3v) is 2.59. The Bertz CT molecular complexity index is 281. The van der Waals surface area contributed by atoms with Crippen LogP contribution >= 0.6 is 0 Å². The molecule has 1 saturated heterocycles. The smallest absolute Gasteiger partial charge is 0.410 e. The average Bonchev–Trinajstić information content (AvgIpc) is 2.27. The Hall–Kier alpha value is -0.880. The van der Waals surface area contributed by atoms with Gasteiger partial charge in [0, 0.05) is 6.54 Å². The second-order valence-corrected chi connectivity index (χ2v) is 5.43. The third-order valence-electron chi connectivity index (χ3n) is 2.59. The van der Waals surface area contributed by atoms with Gasteiger partial charge in [0.15, 0.2) is 0 Å². The van der Waals surface area contributed by atoms with Crippen molar-refractivity contribution in [3.8, 4) is 0 Å². The van der Waals surface area contributed by atoms with Crippen molar-refractivity contribution in [3.63, 3.8) is 0 Å². The molecule has 1 rings (SSSR count). The summed E-state index contributed by atoms with van der Waals surface area (Å²) >= 11 is 0. The monoisotopic (exact) mass is 262 g/mol. The highest BCUT2D eigenvalue weighted by molar-refractivity contribution is 5.68. The second-order valence-electron chi connectivity index (χ2n) is 5.43. The van der Waals surface area contributed by atoms with Gasteiger partial charge in [-0.05, 0) is 33.7 Å². The Morgan fingerprint density at radius 3 is 2.83 bits per heavy atom. The highest BCUT2D eigenvalue weighted by atomic mass is 19.1. The fourth-order valence-electron chi connectivity index (χ4n) is 1.73. The van der Waals surface area contributed by atoms with Gasteiger partial charge in [-0.3, -0.25) is 0 Å². The highest BCUT2D eigenvalue weighted by Gasteiger charge is 2.32. The summed E-state index contributed by atoms with van der Waals surface area (Å²) in [5, 5.41) is 0. The van der Waals surface area contributed by atoms with Gasteiger partial charge in [-0.1, -0.05) is 0 Å². The van der Waals surface area contributed by atoms with Gasteiger partial charge >= 0.3 is 6.09 Å². The Labute approximate surface area is 107 Å². The first-order valence-corrected chi connectivity index (χ1v) is 6.27. The van der Waals surface area contributed by atoms with E-state index >= 15 is 0 Å². The summed E-state index contributed by atoms with van der Waals surface area (Å²) in [5.41, 5.74) is 4.77. The number of nitrogens with zero attached hydrogens (tertiary/aromatic N) is 1. The van der Waals surface area contributed by atoms with Crippen LogP contribution in [-0.2, 0) is 9.47 Å². The van der Waals surface area contributed by atoms with Gasteiger partial charge in [0.2, 0.25) is 0 Å². The number of nitrogens with two attached hydrogens (primary N) is 1. The number of rotatable bonds is 3. The van der Waals surface area contributed by atoms with Crippen LogP contribution in [0.2, 0.25) is 0 Å². The summed E-state index contributed by atoms with van der Waals surface area (Å²) < 4.78 is 24.3. The summed E-state index contributed by atoms with van der Waals surface area (Å²) in [4.78, 5) is 13.3. The van der Waals surface area contributed by atoms with Crippen molar-refractivity contribution in [2.75, 3.05) is 26.2 Å². The molecule has 1 aliphatic rings. The molecule has 0 spiro atoms. The highest BCUT2D eigenvalue weighted by Crippen LogP contribution is 2.17. The maximum absolute atomic E-state index is 13.7. The van der Waals surface area contributed by atoms with Gasteiger partial charge in [0.25, 0.3) is 0 Å². The molecule has 6 heteroatoms. The van der Waals surface area contributed by atoms with Crippen molar-refractivity contribution < 1.29 is 18.7 Å². The van der Waals surface area contributed by atoms with Gasteiger partial charge in [-0.2, -0.15) is 0 Å². The normalized spacial score (nSPS) is 22.7. The Morgan fingerprint density at radius 1 is 1.61 bits per heavy atom. The van der Waals surface area contributed by atoms with Crippen molar-refractivity contribution in [1.82, 2.24) is 4.90 Å². The van der Waals surface area contributed by atoms with E-state index in [1.54, 1.807) is 20.8 Å². The van der Waals surface area contributed by atoms with Gasteiger partial charge in [0.1, 0.15) is 17.9 Å². The minimum Gasteiger partial charge on any atom is -0.444 e. The average molecular weight is 262 g/mol. The van der Waals surface area contributed by atoms with E-state index in [-0.39, 0.29) is 19.5 Å². The number of morpholine rings is 1. The lowest BCUT2D eigenvalue weighted by Gasteiger charge is -2.35. The number of carbonyl (C=O) groups excluding carboxylic acids is 1. The van der Waals surface area contributed by atoms with Crippen LogP contribution in [0.1, 0.15) is 27.2 Å². The molecule has 2 N–H and O–H groups in total. The second kappa shape index (κ2) is 6.33. The zero-order valence-corrected chi connectivity index (χ0v) is 11.3. The number of halogens is 1. The van der Waals surface area contributed by atoms with E-state index in [2.05, 4.69) is 0 Å². The minimum absolute atomic E-state index is 0.218. The van der Waals surface area contributed by atoms with Crippen LogP contribution in [0.25, 0.3) is 0 Å². The molecule has 0 aliphatic carbocycles. The van der Waals surface area contributed by atoms with Crippen LogP contribution in [0, 0.1) is 0 Å². The predicted octanol–water partition coefficient (Wildman–Crippen LogP) is 1.31. The number of carbonyl (C=O) groups is 1. The molecule has 2 unspecified atom stereocenters. The first-order valence-electron chi connectivity index (χ1n) is 6.27. The SMILES string of the molecule is CC(C)(C)OC(=O)N1CCOC(C(F)CCN)C1. The van der Waals surface area contributed by atoms with Crippen LogP contribution < -0.4 is 5.73 Å². The minimum atomic E-state index is -1.14. The van der Waals surface area contributed by atoms with Crippen molar-refractivity contribution in [1.29, 1.82) is 0 Å². The maximum atomic E-state index is 13.7. The molecule has 5 nitrogen and oxygen atoms in total. The van der Waals surface area contributed by atoms with Gasteiger partial charge in [0.05, 0.1) is 13.2 Å². The summed E-state index contributed by atoms with van der Waals surface area (Å²) in [6.45, 7) is 6.65. The van der Waals surface area contributed by atoms with Crippen LogP contribution in [0.4, 0.5) is 9.18 Å². The number of hydrogen-bond acceptors (Lipinski definition) is 4. The number of alkyl halides is 1. The molecular formula is C12H23FN2O3. The summed E-state index contributed by atoms with van der Waals surface area (Å²) in [5.74, 6) is 0. The molecule has 0 saturated carbocycles. The van der Waals surface area contributed by atoms with Crippen molar-refractivity contribution in [2.24, 2.45) is 5.73 Å². The Balaban J connectivity index is 2.50. The first kappa shape index (κ1) is 15.2. The molecule has 0 aromatic carbocycles. The molecule has 2 atom stereocenters. The standard InChI is InChI=1S/C12H23FN2O3/c1-12(2,3)18-11(16)15-6-7-17-10(8-15)9(13)4-5-14/h9-10H,4-8,14H2,1-3H3. The van der Waals surface area contributed by atoms with Crippen LogP contribution in [-0.4, -0.2) is 55.1 Å². The zero-order valence-electron chi connectivity index (χ0n) is 11.3. The summed E-state index contributed by atoms with van der Waals surface area (Å²) in [6, 6.07) is 0. The lowest BCUT2D eigenvalue weighted by molar-refractivity contribution is -0.0705. The molecule has 0 radical (unpaired) electrons. The molecule has 1 heterocycles. The summed E-state index contributed by atoms with van der Waals surface area (Å²) in [7, 11) is 0. The fourth-order valence-corrected chi connectivity index (χ4v) is 1.73. The largest absolute Gasteiger partial charge is 0.444 e. The van der Waals surface area contributed by atoms with Crippen molar-refractivity contribution >= 4 is 6.09 Å². The Morgan fingerprint density at radius 2 is 2.28 bits per heavy atom. The number of hydrogen-bond donors (Lipinski definition) is 1. The molecule has 1 amide bonds. The van der Waals surface area contributed by atoms with Crippen molar-refractivity contribution in [2.45, 2.75) is 45.1 Å². The molecule has 0 aromatic rings. The molecule has 18 heavy (non-hydrogen) atoms. The fraction of sp³-hybridized carbons (Fsp3) is 0.917. The maximum Gasteiger partial charge on any atom is 0.410 e. The van der Waals surface area contributed by atoms with Crippen LogP contribution in [0.15, 0.2) is 0 Å². The zero-order chi connectivity index (χ0) is 13.8. The molecular weight excluding hydrogens is 239 g/mol. The van der Waals surface area contributed by atoms with E-state index in [1.807, 2.05) is 0 Å². The van der Waals surface area contributed by atoms with E-state index in [0.717, 1.165) is 0 Å². The number of amides is 1. The van der Waals surface area contributed by atoms with Crippen molar-refractivity contribution in [3.05, 3.63) is 0 Å². The molecule has 0 aromatic heterocycles. The third kappa shape index (κ3) is 4.78. The molecule has 0 bridgehead atoms. The van der Waals surface area contributed by atoms with E-state index in [1.165, 1.54) is 4.90 Å². The first-order chi connectivity index (χ1) is 8.33. The molecule has 1 aliphatic heterocycles.